The summed E-state index contributed by atoms with van der Waals surface area (Å²) in [5, 5.41) is 16.3. The Balaban J connectivity index is 1.90. The lowest BCUT2D eigenvalue weighted by atomic mass is 9.79. The topological polar surface area (TPSA) is 95.5 Å². The number of anilines is 1. The van der Waals surface area contributed by atoms with Gasteiger partial charge in [-0.05, 0) is 18.4 Å². The van der Waals surface area contributed by atoms with Gasteiger partial charge in [0.1, 0.15) is 10.6 Å². The summed E-state index contributed by atoms with van der Waals surface area (Å²) in [6.07, 6.45) is 2.50. The molecule has 1 aliphatic carbocycles. The summed E-state index contributed by atoms with van der Waals surface area (Å²) in [6, 6.07) is 9.33. The summed E-state index contributed by atoms with van der Waals surface area (Å²) < 4.78 is 4.90. The number of aliphatic carboxylic acids is 1. The van der Waals surface area contributed by atoms with Crippen molar-refractivity contribution in [1.29, 1.82) is 0 Å². The molecule has 2 atom stereocenters. The van der Waals surface area contributed by atoms with E-state index < -0.39 is 29.7 Å². The Labute approximate surface area is 161 Å². The van der Waals surface area contributed by atoms with Crippen LogP contribution in [0.15, 0.2) is 35.7 Å². The zero-order valence-electron chi connectivity index (χ0n) is 14.9. The van der Waals surface area contributed by atoms with E-state index in [0.717, 1.165) is 18.4 Å². The molecule has 7 heteroatoms. The highest BCUT2D eigenvalue weighted by Crippen LogP contribution is 2.37. The molecule has 27 heavy (non-hydrogen) atoms. The van der Waals surface area contributed by atoms with Crippen molar-refractivity contribution in [2.24, 2.45) is 11.8 Å². The molecule has 1 aromatic heterocycles. The number of methoxy groups -OCH3 is 1. The molecule has 3 rings (SSSR count). The highest BCUT2D eigenvalue weighted by atomic mass is 32.1. The Morgan fingerprint density at radius 2 is 1.78 bits per heavy atom. The number of ether oxygens (including phenoxy) is 1. The Bertz CT molecular complexity index is 845. The van der Waals surface area contributed by atoms with Crippen molar-refractivity contribution in [2.45, 2.75) is 25.7 Å². The SMILES string of the molecule is COC(=O)c1c(-c2ccccc2)csc1NC(=O)C1CCCCC1C(=O)[O-]. The fourth-order valence-corrected chi connectivity index (χ4v) is 4.48. The third kappa shape index (κ3) is 4.03. The van der Waals surface area contributed by atoms with E-state index in [2.05, 4.69) is 5.32 Å². The van der Waals surface area contributed by atoms with Gasteiger partial charge in [0.2, 0.25) is 5.91 Å². The van der Waals surface area contributed by atoms with Crippen molar-refractivity contribution >= 4 is 34.2 Å². The second-order valence-corrected chi connectivity index (χ2v) is 7.40. The van der Waals surface area contributed by atoms with Gasteiger partial charge in [-0.25, -0.2) is 4.79 Å². The molecule has 0 radical (unpaired) electrons. The lowest BCUT2D eigenvalue weighted by molar-refractivity contribution is -0.313. The normalized spacial score (nSPS) is 19.3. The van der Waals surface area contributed by atoms with E-state index in [1.807, 2.05) is 30.3 Å². The van der Waals surface area contributed by atoms with Gasteiger partial charge in [-0.3, -0.25) is 4.79 Å². The van der Waals surface area contributed by atoms with Gasteiger partial charge in [-0.1, -0.05) is 43.2 Å². The number of carbonyl (C=O) groups excluding carboxylic acids is 3. The van der Waals surface area contributed by atoms with Crippen LogP contribution >= 0.6 is 11.3 Å². The fourth-order valence-electron chi connectivity index (χ4n) is 3.52. The first-order chi connectivity index (χ1) is 13.0. The second kappa shape index (κ2) is 8.35. The maximum absolute atomic E-state index is 12.7. The number of carbonyl (C=O) groups is 3. The first-order valence-electron chi connectivity index (χ1n) is 8.80. The molecule has 1 aromatic carbocycles. The van der Waals surface area contributed by atoms with Crippen LogP contribution in [0.5, 0.6) is 0 Å². The number of benzene rings is 1. The van der Waals surface area contributed by atoms with E-state index in [1.165, 1.54) is 18.4 Å². The minimum Gasteiger partial charge on any atom is -0.550 e. The zero-order valence-corrected chi connectivity index (χ0v) is 15.7. The van der Waals surface area contributed by atoms with Crippen molar-refractivity contribution in [3.63, 3.8) is 0 Å². The Morgan fingerprint density at radius 3 is 2.41 bits per heavy atom. The van der Waals surface area contributed by atoms with Crippen LogP contribution in [-0.4, -0.2) is 25.0 Å². The molecule has 6 nitrogen and oxygen atoms in total. The number of hydrogen-bond acceptors (Lipinski definition) is 6. The van der Waals surface area contributed by atoms with Crippen LogP contribution in [0.4, 0.5) is 5.00 Å². The van der Waals surface area contributed by atoms with Gasteiger partial charge in [0.05, 0.1) is 7.11 Å². The average Bonchev–Trinajstić information content (AvgIpc) is 3.11. The Kier molecular flexibility index (Phi) is 5.91. The summed E-state index contributed by atoms with van der Waals surface area (Å²) in [5.74, 6) is -3.59. The Morgan fingerprint density at radius 1 is 1.11 bits per heavy atom. The third-order valence-electron chi connectivity index (χ3n) is 4.91. The molecular formula is C20H20NO5S-. The summed E-state index contributed by atoms with van der Waals surface area (Å²) in [5.41, 5.74) is 1.78. The van der Waals surface area contributed by atoms with E-state index in [1.54, 1.807) is 5.38 Å². The summed E-state index contributed by atoms with van der Waals surface area (Å²) in [6.45, 7) is 0. The summed E-state index contributed by atoms with van der Waals surface area (Å²) >= 11 is 1.22. The van der Waals surface area contributed by atoms with Crippen molar-refractivity contribution < 1.29 is 24.2 Å². The predicted octanol–water partition coefficient (Wildman–Crippen LogP) is 2.70. The van der Waals surface area contributed by atoms with E-state index in [0.29, 0.717) is 23.4 Å². The van der Waals surface area contributed by atoms with Gasteiger partial charge in [0.15, 0.2) is 0 Å². The summed E-state index contributed by atoms with van der Waals surface area (Å²) in [4.78, 5) is 36.5. The maximum atomic E-state index is 12.7. The van der Waals surface area contributed by atoms with Crippen LogP contribution < -0.4 is 10.4 Å². The van der Waals surface area contributed by atoms with E-state index in [4.69, 9.17) is 4.74 Å². The van der Waals surface area contributed by atoms with Gasteiger partial charge in [-0.2, -0.15) is 0 Å². The molecule has 1 heterocycles. The molecule has 1 N–H and O–H groups in total. The van der Waals surface area contributed by atoms with Crippen LogP contribution in [0.2, 0.25) is 0 Å². The van der Waals surface area contributed by atoms with Gasteiger partial charge < -0.3 is 20.0 Å². The second-order valence-electron chi connectivity index (χ2n) is 6.52. The fraction of sp³-hybridized carbons (Fsp3) is 0.350. The van der Waals surface area contributed by atoms with Gasteiger partial charge >= 0.3 is 5.97 Å². The van der Waals surface area contributed by atoms with Gasteiger partial charge in [0, 0.05) is 28.7 Å². The average molecular weight is 386 g/mol. The first-order valence-corrected chi connectivity index (χ1v) is 9.67. The number of carboxylic acids is 1. The maximum Gasteiger partial charge on any atom is 0.341 e. The molecule has 2 aromatic rings. The monoisotopic (exact) mass is 386 g/mol. The number of hydrogen-bond donors (Lipinski definition) is 1. The minimum absolute atomic E-state index is 0.280. The number of amides is 1. The molecule has 2 unspecified atom stereocenters. The molecule has 1 amide bonds. The molecule has 1 aliphatic rings. The largest absolute Gasteiger partial charge is 0.550 e. The van der Waals surface area contributed by atoms with Gasteiger partial charge in [0.25, 0.3) is 0 Å². The first kappa shape index (κ1) is 19.1. The van der Waals surface area contributed by atoms with Crippen LogP contribution in [0.25, 0.3) is 11.1 Å². The van der Waals surface area contributed by atoms with E-state index >= 15 is 0 Å². The van der Waals surface area contributed by atoms with Crippen LogP contribution in [0, 0.1) is 11.8 Å². The molecule has 0 aliphatic heterocycles. The number of carboxylic acid groups (broad SMARTS) is 1. The molecule has 0 bridgehead atoms. The lowest BCUT2D eigenvalue weighted by Gasteiger charge is -2.31. The molecule has 0 saturated heterocycles. The predicted molar refractivity (Wildman–Crippen MR) is 100 cm³/mol. The number of thiophene rings is 1. The van der Waals surface area contributed by atoms with Crippen LogP contribution in [0.1, 0.15) is 36.0 Å². The number of esters is 1. The van der Waals surface area contributed by atoms with Gasteiger partial charge in [-0.15, -0.1) is 11.3 Å². The summed E-state index contributed by atoms with van der Waals surface area (Å²) in [7, 11) is 1.29. The highest BCUT2D eigenvalue weighted by Gasteiger charge is 2.33. The molecule has 1 fully saturated rings. The zero-order chi connectivity index (χ0) is 19.4. The van der Waals surface area contributed by atoms with E-state index in [-0.39, 0.29) is 5.56 Å². The van der Waals surface area contributed by atoms with Crippen LogP contribution in [0.3, 0.4) is 0 Å². The van der Waals surface area contributed by atoms with Crippen molar-refractivity contribution in [2.75, 3.05) is 12.4 Å². The third-order valence-corrected chi connectivity index (χ3v) is 5.80. The quantitative estimate of drug-likeness (QED) is 0.797. The Hall–Kier alpha value is -2.67. The van der Waals surface area contributed by atoms with Crippen LogP contribution in [-0.2, 0) is 14.3 Å². The molecule has 1 saturated carbocycles. The van der Waals surface area contributed by atoms with Crippen molar-refractivity contribution in [3.8, 4) is 11.1 Å². The molecule has 142 valence electrons. The number of rotatable bonds is 5. The number of nitrogens with one attached hydrogen (secondary N) is 1. The molecule has 0 spiro atoms. The highest BCUT2D eigenvalue weighted by molar-refractivity contribution is 7.15. The van der Waals surface area contributed by atoms with E-state index in [9.17, 15) is 19.5 Å². The minimum atomic E-state index is -1.20. The smallest absolute Gasteiger partial charge is 0.341 e. The van der Waals surface area contributed by atoms with Crippen molar-refractivity contribution in [3.05, 3.63) is 41.3 Å². The van der Waals surface area contributed by atoms with Crippen molar-refractivity contribution in [1.82, 2.24) is 0 Å². The lowest BCUT2D eigenvalue weighted by Crippen LogP contribution is -2.42. The standard InChI is InChI=1S/C20H21NO5S/c1-26-20(25)16-15(12-7-3-2-4-8-12)11-27-18(16)21-17(22)13-9-5-6-10-14(13)19(23)24/h2-4,7-8,11,13-14H,5-6,9-10H2,1H3,(H,21,22)(H,23,24)/p-1. The molecular weight excluding hydrogens is 366 g/mol.